The monoisotopic (exact) mass is 264 g/mol. The molecule has 0 saturated carbocycles. The van der Waals surface area contributed by atoms with Crippen molar-refractivity contribution in [3.63, 3.8) is 0 Å². The summed E-state index contributed by atoms with van der Waals surface area (Å²) in [6, 6.07) is 8.15. The molecular weight excluding hydrogens is 244 g/mol. The van der Waals surface area contributed by atoms with Gasteiger partial charge in [0.15, 0.2) is 0 Å². The van der Waals surface area contributed by atoms with Crippen molar-refractivity contribution in [2.75, 3.05) is 25.6 Å². The van der Waals surface area contributed by atoms with E-state index < -0.39 is 0 Å². The fraction of sp³-hybridized carbons (Fsp3) is 0.429. The van der Waals surface area contributed by atoms with Gasteiger partial charge in [0.05, 0.1) is 6.54 Å². The predicted octanol–water partition coefficient (Wildman–Crippen LogP) is 2.69. The lowest BCUT2D eigenvalue weighted by molar-refractivity contribution is 0.345. The number of nitrogens with two attached hydrogens (primary N) is 1. The smallest absolute Gasteiger partial charge is 0.134 e. The molecule has 3 nitrogen and oxygen atoms in total. The van der Waals surface area contributed by atoms with Crippen molar-refractivity contribution in [1.29, 1.82) is 0 Å². The second-order valence-corrected chi connectivity index (χ2v) is 5.42. The van der Waals surface area contributed by atoms with E-state index >= 15 is 0 Å². The van der Waals surface area contributed by atoms with E-state index in [1.54, 1.807) is 0 Å². The topological polar surface area (TPSA) is 42.4 Å². The second-order valence-electron chi connectivity index (χ2n) is 4.43. The van der Waals surface area contributed by atoms with Gasteiger partial charge in [-0.1, -0.05) is 18.2 Å². The van der Waals surface area contributed by atoms with Crippen molar-refractivity contribution in [2.24, 2.45) is 5.73 Å². The Labute approximate surface area is 112 Å². The predicted molar refractivity (Wildman–Crippen MR) is 78.8 cm³/mol. The highest BCUT2D eigenvalue weighted by atomic mass is 32.2. The van der Waals surface area contributed by atoms with Crippen LogP contribution < -0.4 is 5.73 Å². The number of benzene rings is 1. The summed E-state index contributed by atoms with van der Waals surface area (Å²) in [4.78, 5) is 2.31. The molecule has 2 N–H and O–H groups in total. The van der Waals surface area contributed by atoms with E-state index in [0.717, 1.165) is 30.2 Å². The Morgan fingerprint density at radius 3 is 2.83 bits per heavy atom. The van der Waals surface area contributed by atoms with Crippen LogP contribution in [0.5, 0.6) is 0 Å². The van der Waals surface area contributed by atoms with Gasteiger partial charge in [0.25, 0.3) is 0 Å². The number of furan rings is 1. The van der Waals surface area contributed by atoms with Crippen molar-refractivity contribution in [3.05, 3.63) is 35.6 Å². The highest BCUT2D eigenvalue weighted by Crippen LogP contribution is 2.26. The Balaban J connectivity index is 2.25. The Morgan fingerprint density at radius 2 is 2.11 bits per heavy atom. The highest BCUT2D eigenvalue weighted by molar-refractivity contribution is 7.98. The van der Waals surface area contributed by atoms with Crippen molar-refractivity contribution >= 4 is 22.7 Å². The first-order valence-electron chi connectivity index (χ1n) is 6.13. The minimum Gasteiger partial charge on any atom is -0.459 e. The fourth-order valence-corrected chi connectivity index (χ4v) is 2.58. The summed E-state index contributed by atoms with van der Waals surface area (Å²) in [5.74, 6) is 2.05. The average Bonchev–Trinajstić information content (AvgIpc) is 2.75. The average molecular weight is 264 g/mol. The standard InChI is InChI=1S/C14H20N2OS/c1-16(7-8-18-2)10-12-11-5-3-4-6-13(11)17-14(12)9-15/h3-6H,7-10,15H2,1-2H3. The normalized spacial score (nSPS) is 11.6. The summed E-state index contributed by atoms with van der Waals surface area (Å²) >= 11 is 1.87. The van der Waals surface area contributed by atoms with Crippen LogP contribution in [0.2, 0.25) is 0 Å². The van der Waals surface area contributed by atoms with Crippen LogP contribution in [0.4, 0.5) is 0 Å². The molecule has 1 aromatic carbocycles. The van der Waals surface area contributed by atoms with Crippen molar-refractivity contribution in [3.8, 4) is 0 Å². The number of para-hydroxylation sites is 1. The molecule has 0 radical (unpaired) electrons. The number of nitrogens with zero attached hydrogens (tertiary/aromatic N) is 1. The van der Waals surface area contributed by atoms with Crippen LogP contribution in [0.15, 0.2) is 28.7 Å². The van der Waals surface area contributed by atoms with Gasteiger partial charge in [-0.2, -0.15) is 11.8 Å². The molecule has 0 bridgehead atoms. The minimum absolute atomic E-state index is 0.459. The maximum Gasteiger partial charge on any atom is 0.134 e. The number of fused-ring (bicyclic) bond motifs is 1. The van der Waals surface area contributed by atoms with Crippen molar-refractivity contribution in [1.82, 2.24) is 4.90 Å². The zero-order chi connectivity index (χ0) is 13.0. The van der Waals surface area contributed by atoms with Crippen LogP contribution in [-0.4, -0.2) is 30.5 Å². The van der Waals surface area contributed by atoms with Gasteiger partial charge < -0.3 is 15.1 Å². The van der Waals surface area contributed by atoms with E-state index in [1.807, 2.05) is 30.0 Å². The van der Waals surface area contributed by atoms with Crippen LogP contribution in [0.25, 0.3) is 11.0 Å². The molecule has 0 atom stereocenters. The first-order chi connectivity index (χ1) is 8.76. The van der Waals surface area contributed by atoms with Crippen LogP contribution in [0.1, 0.15) is 11.3 Å². The first kappa shape index (κ1) is 13.5. The van der Waals surface area contributed by atoms with E-state index in [1.165, 1.54) is 10.9 Å². The quantitative estimate of drug-likeness (QED) is 0.871. The molecule has 0 aliphatic carbocycles. The van der Waals surface area contributed by atoms with Gasteiger partial charge in [-0.3, -0.25) is 0 Å². The SMILES string of the molecule is CSCCN(C)Cc1c(CN)oc2ccccc12. The lowest BCUT2D eigenvalue weighted by atomic mass is 10.1. The third-order valence-electron chi connectivity index (χ3n) is 3.07. The van der Waals surface area contributed by atoms with Crippen LogP contribution in [0.3, 0.4) is 0 Å². The number of rotatable bonds is 6. The lowest BCUT2D eigenvalue weighted by Gasteiger charge is -2.15. The zero-order valence-electron chi connectivity index (χ0n) is 11.0. The number of hydrogen-bond donors (Lipinski definition) is 1. The Bertz CT molecular complexity index is 509. The van der Waals surface area contributed by atoms with Gasteiger partial charge in [0, 0.05) is 29.8 Å². The molecule has 2 rings (SSSR count). The van der Waals surface area contributed by atoms with Crippen LogP contribution >= 0.6 is 11.8 Å². The number of hydrogen-bond acceptors (Lipinski definition) is 4. The van der Waals surface area contributed by atoms with Gasteiger partial charge in [-0.25, -0.2) is 0 Å². The molecule has 0 amide bonds. The van der Waals surface area contributed by atoms with E-state index in [4.69, 9.17) is 10.2 Å². The molecular formula is C14H20N2OS. The van der Waals surface area contributed by atoms with Gasteiger partial charge in [0.1, 0.15) is 11.3 Å². The van der Waals surface area contributed by atoms with E-state index in [0.29, 0.717) is 6.54 Å². The molecule has 18 heavy (non-hydrogen) atoms. The molecule has 0 aliphatic heterocycles. The highest BCUT2D eigenvalue weighted by Gasteiger charge is 2.13. The molecule has 4 heteroatoms. The summed E-state index contributed by atoms with van der Waals surface area (Å²) < 4.78 is 5.80. The van der Waals surface area contributed by atoms with E-state index in [-0.39, 0.29) is 0 Å². The molecule has 0 unspecified atom stereocenters. The van der Waals surface area contributed by atoms with Crippen molar-refractivity contribution in [2.45, 2.75) is 13.1 Å². The summed E-state index contributed by atoms with van der Waals surface area (Å²) in [5, 5.41) is 1.19. The second kappa shape index (κ2) is 6.27. The maximum atomic E-state index is 5.80. The lowest BCUT2D eigenvalue weighted by Crippen LogP contribution is -2.21. The molecule has 0 fully saturated rings. The third kappa shape index (κ3) is 2.88. The van der Waals surface area contributed by atoms with Crippen molar-refractivity contribution < 1.29 is 4.42 Å². The molecule has 0 aliphatic rings. The third-order valence-corrected chi connectivity index (χ3v) is 3.66. The van der Waals surface area contributed by atoms with Gasteiger partial charge in [0.2, 0.25) is 0 Å². The van der Waals surface area contributed by atoms with Gasteiger partial charge in [-0.15, -0.1) is 0 Å². The Hall–Kier alpha value is -0.970. The Morgan fingerprint density at radius 1 is 1.33 bits per heavy atom. The zero-order valence-corrected chi connectivity index (χ0v) is 11.8. The van der Waals surface area contributed by atoms with Gasteiger partial charge in [-0.05, 0) is 19.4 Å². The largest absolute Gasteiger partial charge is 0.459 e. The molecule has 98 valence electrons. The van der Waals surface area contributed by atoms with E-state index in [9.17, 15) is 0 Å². The van der Waals surface area contributed by atoms with Crippen LogP contribution in [-0.2, 0) is 13.1 Å². The molecule has 1 heterocycles. The molecule has 0 saturated heterocycles. The van der Waals surface area contributed by atoms with Crippen LogP contribution in [0, 0.1) is 0 Å². The van der Waals surface area contributed by atoms with Gasteiger partial charge >= 0.3 is 0 Å². The fourth-order valence-electron chi connectivity index (χ4n) is 2.08. The summed E-state index contributed by atoms with van der Waals surface area (Å²) in [5.41, 5.74) is 7.94. The minimum atomic E-state index is 0.459. The Kier molecular flexibility index (Phi) is 4.69. The van der Waals surface area contributed by atoms with E-state index in [2.05, 4.69) is 24.3 Å². The molecule has 1 aromatic heterocycles. The first-order valence-corrected chi connectivity index (χ1v) is 7.52. The molecule has 2 aromatic rings. The summed E-state index contributed by atoms with van der Waals surface area (Å²) in [6.07, 6.45) is 2.13. The summed E-state index contributed by atoms with van der Waals surface area (Å²) in [6.45, 7) is 2.43. The molecule has 0 spiro atoms. The summed E-state index contributed by atoms with van der Waals surface area (Å²) in [7, 11) is 2.14. The maximum absolute atomic E-state index is 5.80. The number of thioether (sulfide) groups is 1.